The van der Waals surface area contributed by atoms with Crippen LogP contribution in [-0.2, 0) is 0 Å². The summed E-state index contributed by atoms with van der Waals surface area (Å²) in [5, 5.41) is 1.69. The van der Waals surface area contributed by atoms with E-state index in [0.29, 0.717) is 33.6 Å². The number of nitrogens with zero attached hydrogens (tertiary/aromatic N) is 2. The molecule has 0 spiro atoms. The molecule has 0 aliphatic carbocycles. The van der Waals surface area contributed by atoms with Crippen molar-refractivity contribution in [3.8, 4) is 17.0 Å². The van der Waals surface area contributed by atoms with Gasteiger partial charge in [0, 0.05) is 10.9 Å². The molecule has 0 fully saturated rings. The maximum absolute atomic E-state index is 13.5. The number of hydrogen-bond acceptors (Lipinski definition) is 4. The van der Waals surface area contributed by atoms with Crippen molar-refractivity contribution in [1.82, 2.24) is 10.4 Å². The third-order valence-corrected chi connectivity index (χ3v) is 5.18. The molecule has 1 heterocycles. The van der Waals surface area contributed by atoms with Gasteiger partial charge in [-0.25, -0.2) is 14.8 Å². The van der Waals surface area contributed by atoms with Crippen LogP contribution in [0.1, 0.15) is 29.8 Å². The monoisotopic (exact) mass is 454 g/mol. The van der Waals surface area contributed by atoms with Gasteiger partial charge in [-0.3, -0.25) is 10.2 Å². The minimum absolute atomic E-state index is 0.0252. The molecule has 4 aromatic rings. The highest BCUT2D eigenvalue weighted by atomic mass is 16.5. The molecule has 0 saturated carbocycles. The predicted molar refractivity (Wildman–Crippen MR) is 134 cm³/mol. The second-order valence-corrected chi connectivity index (χ2v) is 8.19. The number of para-hydroxylation sites is 2. The van der Waals surface area contributed by atoms with Crippen molar-refractivity contribution in [3.05, 3.63) is 90.0 Å². The molecule has 3 aromatic carbocycles. The van der Waals surface area contributed by atoms with Crippen molar-refractivity contribution in [2.75, 3.05) is 5.01 Å². The number of pyridine rings is 1. The minimum Gasteiger partial charge on any atom is -0.490 e. The first-order valence-corrected chi connectivity index (χ1v) is 11.0. The quantitative estimate of drug-likeness (QED) is 0.404. The van der Waals surface area contributed by atoms with Crippen LogP contribution in [0.2, 0.25) is 0 Å². The third kappa shape index (κ3) is 4.83. The van der Waals surface area contributed by atoms with Gasteiger partial charge in [-0.15, -0.1) is 0 Å². The SMILES string of the molecule is Cc1cccc(N(NC(=O)c2cc(-c3ccccc3OC(C)C)nc3ccccc23)C(N)=O)c1. The van der Waals surface area contributed by atoms with E-state index in [0.717, 1.165) is 16.1 Å². The van der Waals surface area contributed by atoms with E-state index in [1.54, 1.807) is 24.3 Å². The number of urea groups is 1. The molecule has 34 heavy (non-hydrogen) atoms. The van der Waals surface area contributed by atoms with E-state index in [9.17, 15) is 9.59 Å². The lowest BCUT2D eigenvalue weighted by Crippen LogP contribution is -2.49. The van der Waals surface area contributed by atoms with E-state index in [4.69, 9.17) is 15.5 Å². The van der Waals surface area contributed by atoms with Crippen molar-refractivity contribution in [2.24, 2.45) is 5.73 Å². The van der Waals surface area contributed by atoms with Crippen LogP contribution in [0, 0.1) is 6.92 Å². The zero-order valence-electron chi connectivity index (χ0n) is 19.3. The normalized spacial score (nSPS) is 10.8. The fourth-order valence-electron chi connectivity index (χ4n) is 3.71. The van der Waals surface area contributed by atoms with E-state index in [1.165, 1.54) is 0 Å². The molecular formula is C27H26N4O3. The summed E-state index contributed by atoms with van der Waals surface area (Å²) in [5.41, 5.74) is 12.0. The summed E-state index contributed by atoms with van der Waals surface area (Å²) in [6.07, 6.45) is -0.0252. The Morgan fingerprint density at radius 3 is 2.44 bits per heavy atom. The number of primary amides is 1. The molecule has 3 amide bonds. The highest BCUT2D eigenvalue weighted by Gasteiger charge is 2.21. The van der Waals surface area contributed by atoms with Crippen LogP contribution in [0.5, 0.6) is 5.75 Å². The van der Waals surface area contributed by atoms with Crippen molar-refractivity contribution >= 4 is 28.5 Å². The number of ether oxygens (including phenoxy) is 1. The molecule has 3 N–H and O–H groups in total. The number of benzene rings is 3. The second kappa shape index (κ2) is 9.62. The molecule has 4 rings (SSSR count). The van der Waals surface area contributed by atoms with Gasteiger partial charge in [0.15, 0.2) is 0 Å². The number of hydrazine groups is 1. The largest absolute Gasteiger partial charge is 0.490 e. The average Bonchev–Trinajstić information content (AvgIpc) is 2.81. The third-order valence-electron chi connectivity index (χ3n) is 5.18. The zero-order chi connectivity index (χ0) is 24.2. The summed E-state index contributed by atoms with van der Waals surface area (Å²) in [4.78, 5) is 30.4. The lowest BCUT2D eigenvalue weighted by atomic mass is 10.0. The summed E-state index contributed by atoms with van der Waals surface area (Å²) in [5.74, 6) is 0.188. The summed E-state index contributed by atoms with van der Waals surface area (Å²) in [6.45, 7) is 5.80. The van der Waals surface area contributed by atoms with Gasteiger partial charge in [0.2, 0.25) is 0 Å². The highest BCUT2D eigenvalue weighted by molar-refractivity contribution is 6.09. The Morgan fingerprint density at radius 1 is 0.971 bits per heavy atom. The number of anilines is 1. The Labute approximate surface area is 198 Å². The highest BCUT2D eigenvalue weighted by Crippen LogP contribution is 2.32. The molecule has 7 nitrogen and oxygen atoms in total. The number of fused-ring (bicyclic) bond motifs is 1. The Balaban J connectivity index is 1.80. The number of carbonyl (C=O) groups is 2. The van der Waals surface area contributed by atoms with Gasteiger partial charge >= 0.3 is 6.03 Å². The van der Waals surface area contributed by atoms with Crippen LogP contribution in [0.4, 0.5) is 10.5 Å². The Hall–Kier alpha value is -4.39. The van der Waals surface area contributed by atoms with E-state index in [1.807, 2.05) is 75.4 Å². The van der Waals surface area contributed by atoms with E-state index in [-0.39, 0.29) is 6.10 Å². The summed E-state index contributed by atoms with van der Waals surface area (Å²) < 4.78 is 5.97. The van der Waals surface area contributed by atoms with Crippen LogP contribution in [-0.4, -0.2) is 23.0 Å². The molecule has 0 unspecified atom stereocenters. The van der Waals surface area contributed by atoms with Crippen molar-refractivity contribution in [2.45, 2.75) is 26.9 Å². The number of carbonyl (C=O) groups excluding carboxylic acids is 2. The molecule has 7 heteroatoms. The van der Waals surface area contributed by atoms with Crippen LogP contribution in [0.25, 0.3) is 22.2 Å². The molecule has 0 aliphatic heterocycles. The smallest absolute Gasteiger partial charge is 0.338 e. The van der Waals surface area contributed by atoms with E-state index < -0.39 is 11.9 Å². The molecular weight excluding hydrogens is 428 g/mol. The molecule has 0 atom stereocenters. The van der Waals surface area contributed by atoms with Gasteiger partial charge in [0.1, 0.15) is 5.75 Å². The van der Waals surface area contributed by atoms with Crippen molar-refractivity contribution in [3.63, 3.8) is 0 Å². The Kier molecular flexibility index (Phi) is 6.45. The van der Waals surface area contributed by atoms with Crippen LogP contribution in [0.15, 0.2) is 78.9 Å². The van der Waals surface area contributed by atoms with Gasteiger partial charge in [-0.1, -0.05) is 42.5 Å². The second-order valence-electron chi connectivity index (χ2n) is 8.19. The minimum atomic E-state index is -0.798. The van der Waals surface area contributed by atoms with Crippen LogP contribution in [0.3, 0.4) is 0 Å². The molecule has 0 saturated heterocycles. The first-order chi connectivity index (χ1) is 16.3. The first-order valence-electron chi connectivity index (χ1n) is 11.0. The number of nitrogens with one attached hydrogen (secondary N) is 1. The molecule has 172 valence electrons. The van der Waals surface area contributed by atoms with Gasteiger partial charge in [0.25, 0.3) is 5.91 Å². The number of rotatable bonds is 5. The fraction of sp³-hybridized carbons (Fsp3) is 0.148. The number of aromatic nitrogens is 1. The molecule has 1 aromatic heterocycles. The Bertz CT molecular complexity index is 1370. The molecule has 0 radical (unpaired) electrons. The zero-order valence-corrected chi connectivity index (χ0v) is 19.3. The number of hydrogen-bond donors (Lipinski definition) is 2. The number of amides is 3. The Morgan fingerprint density at radius 2 is 1.71 bits per heavy atom. The average molecular weight is 455 g/mol. The standard InChI is InChI=1S/C27H26N4O3/c1-17(2)34-25-14-7-5-12-21(25)24-16-22(20-11-4-6-13-23(20)29-24)26(32)30-31(27(28)33)19-10-8-9-18(3)15-19/h4-17H,1-3H3,(H2,28,33)(H,30,32). The van der Waals surface area contributed by atoms with Gasteiger partial charge < -0.3 is 10.5 Å². The summed E-state index contributed by atoms with van der Waals surface area (Å²) in [6, 6.07) is 23.0. The maximum Gasteiger partial charge on any atom is 0.338 e. The lowest BCUT2D eigenvalue weighted by molar-refractivity contribution is 0.0952. The topological polar surface area (TPSA) is 97.6 Å². The summed E-state index contributed by atoms with van der Waals surface area (Å²) >= 11 is 0. The van der Waals surface area contributed by atoms with Crippen LogP contribution >= 0.6 is 0 Å². The number of nitrogens with two attached hydrogens (primary N) is 1. The predicted octanol–water partition coefficient (Wildman–Crippen LogP) is 5.23. The first kappa shape index (κ1) is 22.8. The lowest BCUT2D eigenvalue weighted by Gasteiger charge is -2.22. The molecule has 0 bridgehead atoms. The molecule has 0 aliphatic rings. The van der Waals surface area contributed by atoms with Crippen molar-refractivity contribution < 1.29 is 14.3 Å². The number of aryl methyl sites for hydroxylation is 1. The van der Waals surface area contributed by atoms with Crippen LogP contribution < -0.4 is 20.9 Å². The summed E-state index contributed by atoms with van der Waals surface area (Å²) in [7, 11) is 0. The fourth-order valence-corrected chi connectivity index (χ4v) is 3.71. The van der Waals surface area contributed by atoms with Crippen molar-refractivity contribution in [1.29, 1.82) is 0 Å². The van der Waals surface area contributed by atoms with E-state index in [2.05, 4.69) is 5.43 Å². The maximum atomic E-state index is 13.5. The van der Waals surface area contributed by atoms with Gasteiger partial charge in [-0.05, 0) is 62.7 Å². The van der Waals surface area contributed by atoms with Gasteiger partial charge in [-0.2, -0.15) is 0 Å². The van der Waals surface area contributed by atoms with Gasteiger partial charge in [0.05, 0.1) is 28.6 Å². The van der Waals surface area contributed by atoms with E-state index >= 15 is 0 Å².